The highest BCUT2D eigenvalue weighted by atomic mass is 31.5. The smallest absolute Gasteiger partial charge is 0.185 e. The molecule has 188 valence electrons. The summed E-state index contributed by atoms with van der Waals surface area (Å²) >= 11 is 0. The van der Waals surface area contributed by atoms with Crippen LogP contribution in [0.3, 0.4) is 0 Å². The summed E-state index contributed by atoms with van der Waals surface area (Å²) in [6.07, 6.45) is 0. The zero-order valence-corrected chi connectivity index (χ0v) is 29.3. The summed E-state index contributed by atoms with van der Waals surface area (Å²) in [6, 6.07) is 22.7. The summed E-state index contributed by atoms with van der Waals surface area (Å²) in [7, 11) is -8.40. The Morgan fingerprint density at radius 1 is 0.471 bits per heavy atom. The van der Waals surface area contributed by atoms with Crippen LogP contribution in [0.1, 0.15) is 11.1 Å². The molecule has 8 heteroatoms. The van der Waals surface area contributed by atoms with Crippen LogP contribution in [0.15, 0.2) is 60.7 Å². The molecule has 2 aromatic carbocycles. The molecule has 0 saturated carbocycles. The lowest BCUT2D eigenvalue weighted by molar-refractivity contribution is 0.169. The van der Waals surface area contributed by atoms with E-state index in [1.165, 1.54) is 11.1 Å². The predicted molar refractivity (Wildman–Crippen MR) is 166 cm³/mol. The molecule has 1 saturated heterocycles. The van der Waals surface area contributed by atoms with Gasteiger partial charge in [-0.05, 0) is 65.3 Å². The van der Waals surface area contributed by atoms with Crippen LogP contribution in [0.25, 0.3) is 0 Å². The van der Waals surface area contributed by atoms with Crippen molar-refractivity contribution in [1.29, 1.82) is 0 Å². The van der Waals surface area contributed by atoms with Crippen LogP contribution in [-0.2, 0) is 19.0 Å². The van der Waals surface area contributed by atoms with Crippen LogP contribution in [0.4, 0.5) is 0 Å². The van der Waals surface area contributed by atoms with Gasteiger partial charge in [0.2, 0.25) is 0 Å². The van der Waals surface area contributed by atoms with E-state index in [0.717, 1.165) is 0 Å². The molecule has 2 aromatic rings. The van der Waals surface area contributed by atoms with E-state index in [2.05, 4.69) is 139 Å². The first-order chi connectivity index (χ1) is 15.4. The zero-order chi connectivity index (χ0) is 25.8. The molecular formula is C26H46O2P2Si4. The van der Waals surface area contributed by atoms with Crippen molar-refractivity contribution in [3.63, 3.8) is 0 Å². The van der Waals surface area contributed by atoms with Crippen LogP contribution in [0, 0.1) is 0 Å². The maximum atomic E-state index is 7.62. The Morgan fingerprint density at radius 2 is 0.735 bits per heavy atom. The number of hydrogen-bond donors (Lipinski definition) is 0. The lowest BCUT2D eigenvalue weighted by Gasteiger charge is -2.76. The standard InChI is InChI=1S/C26H46O2P2Si4/c1-31(2,3)27-25(23-19-15-13-16-20-23)29(33(7,8)9)26(28-32(4,5)6,30(25)34(10,11)12)24-21-17-14-18-22-24/h13-22H,1-12H3. The molecule has 1 heterocycles. The average Bonchev–Trinajstić information content (AvgIpc) is 2.63. The maximum absolute atomic E-state index is 7.62. The summed E-state index contributed by atoms with van der Waals surface area (Å²) < 4.78 is 15.2. The molecule has 1 aliphatic rings. The average molecular weight is 565 g/mol. The Morgan fingerprint density at radius 3 is 0.941 bits per heavy atom. The summed E-state index contributed by atoms with van der Waals surface area (Å²) in [5.41, 5.74) is 2.84. The van der Waals surface area contributed by atoms with E-state index in [1.807, 2.05) is 0 Å². The van der Waals surface area contributed by atoms with Crippen molar-refractivity contribution in [3.05, 3.63) is 71.8 Å². The molecule has 0 radical (unpaired) electrons. The Bertz CT molecular complexity index is 885. The first-order valence-electron chi connectivity index (χ1n) is 12.5. The van der Waals surface area contributed by atoms with Gasteiger partial charge in [0.1, 0.15) is 10.2 Å². The minimum Gasteiger partial charge on any atom is -0.401 e. The highest BCUT2D eigenvalue weighted by Gasteiger charge is 2.79. The van der Waals surface area contributed by atoms with Gasteiger partial charge >= 0.3 is 0 Å². The molecule has 0 bridgehead atoms. The third-order valence-corrected chi connectivity index (χ3v) is 31.3. The second kappa shape index (κ2) is 9.44. The molecule has 0 atom stereocenters. The van der Waals surface area contributed by atoms with Gasteiger partial charge in [-0.15, -0.1) is 0 Å². The van der Waals surface area contributed by atoms with Gasteiger partial charge in [0.15, 0.2) is 16.6 Å². The van der Waals surface area contributed by atoms with Crippen molar-refractivity contribution in [2.24, 2.45) is 0 Å². The molecule has 1 aliphatic heterocycles. The van der Waals surface area contributed by atoms with E-state index in [1.54, 1.807) is 0 Å². The van der Waals surface area contributed by atoms with E-state index in [4.69, 9.17) is 8.85 Å². The lowest BCUT2D eigenvalue weighted by atomic mass is 10.2. The quantitative estimate of drug-likeness (QED) is 0.235. The summed E-state index contributed by atoms with van der Waals surface area (Å²) in [6.45, 7) is 29.8. The van der Waals surface area contributed by atoms with Gasteiger partial charge in [0, 0.05) is 0 Å². The van der Waals surface area contributed by atoms with Crippen molar-refractivity contribution < 1.29 is 8.85 Å². The van der Waals surface area contributed by atoms with Crippen LogP contribution in [0.5, 0.6) is 0 Å². The predicted octanol–water partition coefficient (Wildman–Crippen LogP) is 9.96. The third kappa shape index (κ3) is 5.36. The molecule has 0 N–H and O–H groups in total. The number of benzene rings is 2. The van der Waals surface area contributed by atoms with E-state index in [-0.39, 0.29) is 10.2 Å². The minimum absolute atomic E-state index is 0.180. The van der Waals surface area contributed by atoms with Crippen molar-refractivity contribution in [2.75, 3.05) is 0 Å². The van der Waals surface area contributed by atoms with Crippen LogP contribution < -0.4 is 0 Å². The van der Waals surface area contributed by atoms with Crippen molar-refractivity contribution >= 4 is 47.1 Å². The second-order valence-corrected chi connectivity index (χ2v) is 46.2. The van der Waals surface area contributed by atoms with Crippen LogP contribution in [0.2, 0.25) is 78.6 Å². The molecule has 0 aromatic heterocycles. The van der Waals surface area contributed by atoms with Gasteiger partial charge < -0.3 is 8.85 Å². The Balaban J connectivity index is 2.49. The fourth-order valence-electron chi connectivity index (χ4n) is 5.37. The molecule has 34 heavy (non-hydrogen) atoms. The van der Waals surface area contributed by atoms with E-state index >= 15 is 0 Å². The third-order valence-electron chi connectivity index (χ3n) is 5.75. The first-order valence-corrected chi connectivity index (χ1v) is 30.7. The molecule has 0 aliphatic carbocycles. The van der Waals surface area contributed by atoms with Crippen molar-refractivity contribution in [2.45, 2.75) is 88.7 Å². The Hall–Kier alpha value is 0.0875. The fraction of sp³-hybridized carbons (Fsp3) is 0.538. The summed E-state index contributed by atoms with van der Waals surface area (Å²) in [5, 5.41) is -0.359. The number of hydrogen-bond acceptors (Lipinski definition) is 2. The van der Waals surface area contributed by atoms with Gasteiger partial charge in [-0.2, -0.15) is 0 Å². The van der Waals surface area contributed by atoms with Gasteiger partial charge in [0.25, 0.3) is 0 Å². The summed E-state index contributed by atoms with van der Waals surface area (Å²) in [5.74, 6) is 0. The second-order valence-electron chi connectivity index (χ2n) is 13.4. The molecule has 0 amide bonds. The summed E-state index contributed by atoms with van der Waals surface area (Å²) in [4.78, 5) is 0. The van der Waals surface area contributed by atoms with Crippen molar-refractivity contribution in [1.82, 2.24) is 0 Å². The monoisotopic (exact) mass is 564 g/mol. The van der Waals surface area contributed by atoms with Gasteiger partial charge in [0.05, 0.1) is 15.5 Å². The Labute approximate surface area is 215 Å². The van der Waals surface area contributed by atoms with Crippen LogP contribution >= 0.6 is 14.9 Å². The minimum atomic E-state index is -1.88. The van der Waals surface area contributed by atoms with E-state index < -0.39 is 47.1 Å². The SMILES string of the molecule is C[Si](C)(C)OC1(c2ccccc2)P([Si](C)(C)C)C(O[Si](C)(C)C)(c2ccccc2)P1[Si](C)(C)C. The molecule has 0 unspecified atom stereocenters. The first kappa shape index (κ1) is 28.7. The topological polar surface area (TPSA) is 18.5 Å². The highest BCUT2D eigenvalue weighted by molar-refractivity contribution is 8.21. The van der Waals surface area contributed by atoms with Crippen LogP contribution in [-0.4, -0.2) is 32.1 Å². The number of rotatable bonds is 8. The molecule has 2 nitrogen and oxygen atoms in total. The van der Waals surface area contributed by atoms with Gasteiger partial charge in [-0.25, -0.2) is 0 Å². The highest BCUT2D eigenvalue weighted by Crippen LogP contribution is 3.03. The maximum Gasteiger partial charge on any atom is 0.185 e. The lowest BCUT2D eigenvalue weighted by Crippen LogP contribution is -2.63. The van der Waals surface area contributed by atoms with E-state index in [9.17, 15) is 0 Å². The normalized spacial score (nSPS) is 28.5. The Kier molecular flexibility index (Phi) is 7.95. The van der Waals surface area contributed by atoms with E-state index in [0.29, 0.717) is 0 Å². The fourth-order valence-corrected chi connectivity index (χ4v) is 51.0. The van der Waals surface area contributed by atoms with Gasteiger partial charge in [-0.3, -0.25) is 0 Å². The molecule has 1 fully saturated rings. The molecule has 0 spiro atoms. The van der Waals surface area contributed by atoms with Gasteiger partial charge in [-0.1, -0.05) is 99.9 Å². The largest absolute Gasteiger partial charge is 0.401 e. The zero-order valence-electron chi connectivity index (χ0n) is 23.5. The molecule has 3 rings (SSSR count). The molecular weight excluding hydrogens is 519 g/mol. The van der Waals surface area contributed by atoms with Crippen molar-refractivity contribution in [3.8, 4) is 0 Å².